The van der Waals surface area contributed by atoms with Gasteiger partial charge >= 0.3 is 6.18 Å². The lowest BCUT2D eigenvalue weighted by atomic mass is 10.1. The van der Waals surface area contributed by atoms with Crippen LogP contribution in [0.4, 0.5) is 24.7 Å². The van der Waals surface area contributed by atoms with Gasteiger partial charge in [0.25, 0.3) is 5.91 Å². The predicted molar refractivity (Wildman–Crippen MR) is 85.2 cm³/mol. The average Bonchev–Trinajstić information content (AvgIpc) is 2.97. The maximum atomic E-state index is 13.0. The molecule has 1 aromatic heterocycles. The van der Waals surface area contributed by atoms with Gasteiger partial charge in [-0.25, -0.2) is 0 Å². The second kappa shape index (κ2) is 6.27. The Kier molecular flexibility index (Phi) is 4.14. The lowest BCUT2D eigenvalue weighted by Crippen LogP contribution is -2.18. The van der Waals surface area contributed by atoms with Crippen LogP contribution in [0.1, 0.15) is 16.1 Å². The summed E-state index contributed by atoms with van der Waals surface area (Å²) in [6, 6.07) is 13.3. The van der Waals surface area contributed by atoms with E-state index in [0.29, 0.717) is 5.69 Å². The summed E-state index contributed by atoms with van der Waals surface area (Å²) in [5, 5.41) is 9.64. The second-order valence-corrected chi connectivity index (χ2v) is 5.07. The first-order chi connectivity index (χ1) is 11.9. The molecule has 128 valence electrons. The molecule has 2 aromatic carbocycles. The third kappa shape index (κ3) is 3.30. The van der Waals surface area contributed by atoms with Crippen LogP contribution in [0.25, 0.3) is 5.69 Å². The zero-order valence-electron chi connectivity index (χ0n) is 12.7. The van der Waals surface area contributed by atoms with Crippen molar-refractivity contribution in [3.63, 3.8) is 0 Å². The van der Waals surface area contributed by atoms with Gasteiger partial charge in [-0.3, -0.25) is 4.79 Å². The smallest absolute Gasteiger partial charge is 0.382 e. The van der Waals surface area contributed by atoms with E-state index in [9.17, 15) is 18.0 Å². The van der Waals surface area contributed by atoms with Crippen LogP contribution in [0.3, 0.4) is 0 Å². The minimum absolute atomic E-state index is 0.0758. The van der Waals surface area contributed by atoms with Crippen LogP contribution in [0.15, 0.2) is 54.6 Å². The zero-order chi connectivity index (χ0) is 18.0. The third-order valence-corrected chi connectivity index (χ3v) is 3.40. The second-order valence-electron chi connectivity index (χ2n) is 5.07. The van der Waals surface area contributed by atoms with Gasteiger partial charge in [-0.15, -0.1) is 5.10 Å². The van der Waals surface area contributed by atoms with Gasteiger partial charge in [-0.2, -0.15) is 17.9 Å². The number of para-hydroxylation sites is 2. The van der Waals surface area contributed by atoms with E-state index in [1.807, 2.05) is 0 Å². The number of carbonyl (C=O) groups excluding carboxylic acids is 1. The summed E-state index contributed by atoms with van der Waals surface area (Å²) in [6.07, 6.45) is -4.60. The first kappa shape index (κ1) is 16.5. The van der Waals surface area contributed by atoms with Crippen molar-refractivity contribution in [1.82, 2.24) is 15.0 Å². The van der Waals surface area contributed by atoms with E-state index >= 15 is 0 Å². The fourth-order valence-electron chi connectivity index (χ4n) is 2.23. The molecular formula is C16H12F3N5O. The Balaban J connectivity index is 1.90. The number of halogens is 3. The highest BCUT2D eigenvalue weighted by atomic mass is 19.4. The maximum absolute atomic E-state index is 13.0. The number of nitrogens with one attached hydrogen (secondary N) is 1. The molecule has 6 nitrogen and oxygen atoms in total. The maximum Gasteiger partial charge on any atom is 0.418 e. The topological polar surface area (TPSA) is 85.8 Å². The van der Waals surface area contributed by atoms with E-state index in [4.69, 9.17) is 5.73 Å². The molecule has 0 aliphatic heterocycles. The fraction of sp³-hybridized carbons (Fsp3) is 0.0625. The minimum Gasteiger partial charge on any atom is -0.382 e. The monoisotopic (exact) mass is 347 g/mol. The molecular weight excluding hydrogens is 335 g/mol. The molecule has 3 rings (SSSR count). The Labute approximate surface area is 140 Å². The molecule has 1 heterocycles. The SMILES string of the molecule is Nc1c(C(=O)Nc2ccccc2C(F)(F)F)nnn1-c1ccccc1. The molecule has 0 atom stereocenters. The number of nitrogens with zero attached hydrogens (tertiary/aromatic N) is 3. The summed E-state index contributed by atoms with van der Waals surface area (Å²) in [5.41, 5.74) is 4.84. The van der Waals surface area contributed by atoms with Crippen molar-refractivity contribution >= 4 is 17.4 Å². The summed E-state index contributed by atoms with van der Waals surface area (Å²) in [4.78, 5) is 12.3. The number of anilines is 2. The van der Waals surface area contributed by atoms with Gasteiger partial charge in [0.2, 0.25) is 0 Å². The van der Waals surface area contributed by atoms with Gasteiger partial charge in [0, 0.05) is 0 Å². The van der Waals surface area contributed by atoms with E-state index in [2.05, 4.69) is 15.6 Å². The molecule has 0 fully saturated rings. The lowest BCUT2D eigenvalue weighted by Gasteiger charge is -2.12. The Morgan fingerprint density at radius 1 is 1.04 bits per heavy atom. The van der Waals surface area contributed by atoms with Crippen molar-refractivity contribution in [1.29, 1.82) is 0 Å². The van der Waals surface area contributed by atoms with Gasteiger partial charge in [-0.1, -0.05) is 35.5 Å². The fourth-order valence-corrected chi connectivity index (χ4v) is 2.23. The van der Waals surface area contributed by atoms with Crippen LogP contribution in [0.2, 0.25) is 0 Å². The number of amides is 1. The molecule has 0 unspecified atom stereocenters. The summed E-state index contributed by atoms with van der Waals surface area (Å²) in [6.45, 7) is 0. The number of benzene rings is 2. The predicted octanol–water partition coefficient (Wildman–Crippen LogP) is 3.12. The molecule has 0 spiro atoms. The normalized spacial score (nSPS) is 11.3. The number of rotatable bonds is 3. The van der Waals surface area contributed by atoms with Crippen LogP contribution in [-0.2, 0) is 6.18 Å². The Bertz CT molecular complexity index is 906. The Morgan fingerprint density at radius 3 is 2.36 bits per heavy atom. The molecule has 0 bridgehead atoms. The molecule has 0 radical (unpaired) electrons. The standard InChI is InChI=1S/C16H12F3N5O/c17-16(18,19)11-8-4-5-9-12(11)21-15(25)13-14(20)24(23-22-13)10-6-2-1-3-7-10/h1-9H,20H2,(H,21,25). The van der Waals surface area contributed by atoms with Crippen molar-refractivity contribution in [3.05, 3.63) is 65.9 Å². The number of nitrogen functional groups attached to an aromatic ring is 1. The number of aromatic nitrogens is 3. The summed E-state index contributed by atoms with van der Waals surface area (Å²) >= 11 is 0. The van der Waals surface area contributed by atoms with Gasteiger partial charge in [-0.05, 0) is 24.3 Å². The molecule has 3 aromatic rings. The number of hydrogen-bond acceptors (Lipinski definition) is 4. The van der Waals surface area contributed by atoms with Gasteiger partial charge in [0.1, 0.15) is 0 Å². The van der Waals surface area contributed by atoms with Crippen LogP contribution < -0.4 is 11.1 Å². The Morgan fingerprint density at radius 2 is 1.68 bits per heavy atom. The molecule has 9 heteroatoms. The van der Waals surface area contributed by atoms with Crippen molar-refractivity contribution in [2.24, 2.45) is 0 Å². The molecule has 0 aliphatic carbocycles. The van der Waals surface area contributed by atoms with E-state index in [1.54, 1.807) is 30.3 Å². The largest absolute Gasteiger partial charge is 0.418 e. The number of carbonyl (C=O) groups is 1. The van der Waals surface area contributed by atoms with Gasteiger partial charge in [0.15, 0.2) is 11.5 Å². The molecule has 0 saturated heterocycles. The molecule has 25 heavy (non-hydrogen) atoms. The number of alkyl halides is 3. The molecule has 3 N–H and O–H groups in total. The molecule has 1 amide bonds. The summed E-state index contributed by atoms with van der Waals surface area (Å²) in [7, 11) is 0. The first-order valence-corrected chi connectivity index (χ1v) is 7.12. The zero-order valence-corrected chi connectivity index (χ0v) is 12.7. The van der Waals surface area contributed by atoms with Crippen LogP contribution in [0, 0.1) is 0 Å². The van der Waals surface area contributed by atoms with Crippen molar-refractivity contribution < 1.29 is 18.0 Å². The number of nitrogens with two attached hydrogens (primary N) is 1. The highest BCUT2D eigenvalue weighted by Crippen LogP contribution is 2.34. The van der Waals surface area contributed by atoms with Crippen molar-refractivity contribution in [2.45, 2.75) is 6.18 Å². The first-order valence-electron chi connectivity index (χ1n) is 7.12. The minimum atomic E-state index is -4.60. The van der Waals surface area contributed by atoms with Gasteiger partial charge in [0.05, 0.1) is 16.9 Å². The highest BCUT2D eigenvalue weighted by molar-refractivity contribution is 6.06. The summed E-state index contributed by atoms with van der Waals surface area (Å²) in [5.74, 6) is -0.954. The molecule has 0 aliphatic rings. The van der Waals surface area contributed by atoms with E-state index in [1.165, 1.54) is 16.8 Å². The van der Waals surface area contributed by atoms with Gasteiger partial charge < -0.3 is 11.1 Å². The van der Waals surface area contributed by atoms with Crippen LogP contribution in [0.5, 0.6) is 0 Å². The third-order valence-electron chi connectivity index (χ3n) is 3.40. The van der Waals surface area contributed by atoms with Crippen molar-refractivity contribution in [3.8, 4) is 5.69 Å². The Hall–Kier alpha value is -3.36. The van der Waals surface area contributed by atoms with E-state index < -0.39 is 17.6 Å². The molecule has 0 saturated carbocycles. The quantitative estimate of drug-likeness (QED) is 0.762. The van der Waals surface area contributed by atoms with Crippen LogP contribution in [-0.4, -0.2) is 20.9 Å². The summed E-state index contributed by atoms with van der Waals surface area (Å²) < 4.78 is 40.2. The van der Waals surface area contributed by atoms with E-state index in [-0.39, 0.29) is 17.2 Å². The number of hydrogen-bond donors (Lipinski definition) is 2. The van der Waals surface area contributed by atoms with Crippen LogP contribution >= 0.6 is 0 Å². The van der Waals surface area contributed by atoms with E-state index in [0.717, 1.165) is 12.1 Å². The van der Waals surface area contributed by atoms with Crippen molar-refractivity contribution in [2.75, 3.05) is 11.1 Å². The lowest BCUT2D eigenvalue weighted by molar-refractivity contribution is -0.136. The highest BCUT2D eigenvalue weighted by Gasteiger charge is 2.34. The average molecular weight is 347 g/mol.